The molecule has 1 unspecified atom stereocenters. The number of nitro groups is 1. The van der Waals surface area contributed by atoms with Gasteiger partial charge >= 0.3 is 11.5 Å². The van der Waals surface area contributed by atoms with Crippen molar-refractivity contribution in [1.82, 2.24) is 0 Å². The fourth-order valence-corrected chi connectivity index (χ4v) is 2.30. The molecule has 0 saturated carbocycles. The van der Waals surface area contributed by atoms with Gasteiger partial charge in [-0.3, -0.25) is 14.9 Å². The van der Waals surface area contributed by atoms with Crippen molar-refractivity contribution in [2.75, 3.05) is 0 Å². The maximum atomic E-state index is 12.5. The van der Waals surface area contributed by atoms with Crippen molar-refractivity contribution < 1.29 is 24.0 Å². The average molecular weight is 365 g/mol. The van der Waals surface area contributed by atoms with Crippen molar-refractivity contribution in [2.24, 2.45) is 0 Å². The van der Waals surface area contributed by atoms with Crippen molar-refractivity contribution in [3.63, 3.8) is 0 Å². The van der Waals surface area contributed by atoms with Crippen LogP contribution < -0.4 is 9.47 Å². The summed E-state index contributed by atoms with van der Waals surface area (Å²) in [6.07, 6.45) is 1.54. The Kier molecular flexibility index (Phi) is 8.22. The van der Waals surface area contributed by atoms with Crippen LogP contribution in [0.25, 0.3) is 0 Å². The van der Waals surface area contributed by atoms with Crippen LogP contribution in [0.2, 0.25) is 0 Å². The van der Waals surface area contributed by atoms with Gasteiger partial charge in [-0.1, -0.05) is 32.9 Å². The van der Waals surface area contributed by atoms with E-state index in [0.717, 1.165) is 12.8 Å². The van der Waals surface area contributed by atoms with E-state index < -0.39 is 16.4 Å². The van der Waals surface area contributed by atoms with E-state index in [0.29, 0.717) is 5.75 Å². The molecule has 144 valence electrons. The van der Waals surface area contributed by atoms with Crippen LogP contribution in [0.3, 0.4) is 0 Å². The molecule has 0 aromatic heterocycles. The molecule has 0 amide bonds. The van der Waals surface area contributed by atoms with E-state index in [4.69, 9.17) is 9.47 Å². The first-order valence-electron chi connectivity index (χ1n) is 8.92. The van der Waals surface area contributed by atoms with Gasteiger partial charge in [0.2, 0.25) is 0 Å². The van der Waals surface area contributed by atoms with Gasteiger partial charge in [0.05, 0.1) is 6.10 Å². The number of Topliss-reactive ketones (excluding diaryl/α,β-unsaturated/α-hetero) is 1. The van der Waals surface area contributed by atoms with E-state index in [1.807, 2.05) is 13.8 Å². The van der Waals surface area contributed by atoms with Gasteiger partial charge in [-0.05, 0) is 25.0 Å². The van der Waals surface area contributed by atoms with Crippen molar-refractivity contribution >= 4 is 11.8 Å². The molecule has 0 N–H and O–H groups in total. The summed E-state index contributed by atoms with van der Waals surface area (Å²) in [6.45, 7) is 6.83. The molecular formula is C19H27NO6. The Morgan fingerprint density at radius 3 is 2.23 bits per heavy atom. The number of carbonyl (C=O) groups excluding carboxylic acids is 2. The molecule has 1 aromatic rings. The first-order chi connectivity index (χ1) is 12.3. The maximum absolute atomic E-state index is 12.5. The smallest absolute Gasteiger partial charge is 0.389 e. The second-order valence-electron chi connectivity index (χ2n) is 6.32. The Morgan fingerprint density at radius 1 is 1.15 bits per heavy atom. The van der Waals surface area contributed by atoms with Crippen molar-refractivity contribution in [1.29, 1.82) is 0 Å². The second kappa shape index (κ2) is 9.89. The van der Waals surface area contributed by atoms with Gasteiger partial charge in [0, 0.05) is 31.1 Å². The van der Waals surface area contributed by atoms with Gasteiger partial charge in [-0.15, -0.1) is 0 Å². The standard InChI is InChI=1S/C19H27NO6/c1-5-14(21)12-13-19(4,20(23)24)18(22)26-17-11-9-8-10-16(17)25-15(6-2)7-3/h8-11,15H,5-7,12-13H2,1-4H3. The third-order valence-corrected chi connectivity index (χ3v) is 4.38. The van der Waals surface area contributed by atoms with Crippen LogP contribution in [-0.4, -0.2) is 28.3 Å². The summed E-state index contributed by atoms with van der Waals surface area (Å²) in [7, 11) is 0. The maximum Gasteiger partial charge on any atom is 0.389 e. The monoisotopic (exact) mass is 365 g/mol. The molecule has 0 aliphatic heterocycles. The lowest BCUT2D eigenvalue weighted by Gasteiger charge is -2.21. The molecule has 0 spiro atoms. The molecule has 26 heavy (non-hydrogen) atoms. The lowest BCUT2D eigenvalue weighted by molar-refractivity contribution is -0.550. The average Bonchev–Trinajstić information content (AvgIpc) is 2.64. The number of ketones is 1. The molecular weight excluding hydrogens is 338 g/mol. The third kappa shape index (κ3) is 5.54. The van der Waals surface area contributed by atoms with Gasteiger partial charge in [0.15, 0.2) is 11.5 Å². The highest BCUT2D eigenvalue weighted by Crippen LogP contribution is 2.31. The molecule has 0 saturated heterocycles. The molecule has 0 bridgehead atoms. The van der Waals surface area contributed by atoms with Crippen LogP contribution in [0.1, 0.15) is 59.8 Å². The molecule has 7 nitrogen and oxygen atoms in total. The van der Waals surface area contributed by atoms with E-state index >= 15 is 0 Å². The predicted octanol–water partition coefficient (Wildman–Crippen LogP) is 3.95. The Balaban J connectivity index is 2.99. The van der Waals surface area contributed by atoms with Gasteiger partial charge in [0.1, 0.15) is 5.78 Å². The van der Waals surface area contributed by atoms with Crippen LogP contribution in [0.4, 0.5) is 0 Å². The summed E-state index contributed by atoms with van der Waals surface area (Å²) in [5.41, 5.74) is -1.99. The van der Waals surface area contributed by atoms with Crippen molar-refractivity contribution in [3.05, 3.63) is 34.4 Å². The summed E-state index contributed by atoms with van der Waals surface area (Å²) in [4.78, 5) is 34.8. The van der Waals surface area contributed by atoms with Gasteiger partial charge in [-0.2, -0.15) is 0 Å². The van der Waals surface area contributed by atoms with Crippen LogP contribution in [0, 0.1) is 10.1 Å². The summed E-state index contributed by atoms with van der Waals surface area (Å²) in [5, 5.41) is 11.5. The van der Waals surface area contributed by atoms with Crippen LogP contribution in [0.5, 0.6) is 11.5 Å². The molecule has 1 aromatic carbocycles. The Morgan fingerprint density at radius 2 is 1.73 bits per heavy atom. The number of benzene rings is 1. The zero-order valence-corrected chi connectivity index (χ0v) is 15.8. The summed E-state index contributed by atoms with van der Waals surface area (Å²) >= 11 is 0. The number of carbonyl (C=O) groups is 2. The minimum Gasteiger partial charge on any atom is -0.487 e. The predicted molar refractivity (Wildman–Crippen MR) is 97.0 cm³/mol. The van der Waals surface area contributed by atoms with E-state index in [2.05, 4.69) is 0 Å². The molecule has 0 fully saturated rings. The molecule has 1 rings (SSSR count). The van der Waals surface area contributed by atoms with Crippen LogP contribution in [-0.2, 0) is 9.59 Å². The summed E-state index contributed by atoms with van der Waals surface area (Å²) < 4.78 is 11.1. The van der Waals surface area contributed by atoms with E-state index in [1.165, 1.54) is 13.0 Å². The topological polar surface area (TPSA) is 95.7 Å². The molecule has 7 heteroatoms. The Labute approximate surface area is 153 Å². The minimum absolute atomic E-state index is 0.0427. The first kappa shape index (κ1) is 21.6. The van der Waals surface area contributed by atoms with E-state index in [-0.39, 0.29) is 36.9 Å². The number of rotatable bonds is 11. The van der Waals surface area contributed by atoms with Crippen molar-refractivity contribution in [2.45, 2.75) is 71.4 Å². The zero-order chi connectivity index (χ0) is 19.7. The molecule has 0 heterocycles. The number of hydrogen-bond donors (Lipinski definition) is 0. The highest BCUT2D eigenvalue weighted by atomic mass is 16.6. The highest BCUT2D eigenvalue weighted by molar-refractivity contribution is 5.83. The molecule has 1 atom stereocenters. The Hall–Kier alpha value is -2.44. The molecule has 0 aliphatic rings. The number of nitrogens with zero attached hydrogens (tertiary/aromatic N) is 1. The summed E-state index contributed by atoms with van der Waals surface area (Å²) in [6, 6.07) is 6.59. The summed E-state index contributed by atoms with van der Waals surface area (Å²) in [5.74, 6) is -0.639. The van der Waals surface area contributed by atoms with E-state index in [1.54, 1.807) is 25.1 Å². The highest BCUT2D eigenvalue weighted by Gasteiger charge is 2.48. The molecule has 0 aliphatic carbocycles. The third-order valence-electron chi connectivity index (χ3n) is 4.38. The number of para-hydroxylation sites is 2. The fourth-order valence-electron chi connectivity index (χ4n) is 2.30. The van der Waals surface area contributed by atoms with Gasteiger partial charge in [-0.25, -0.2) is 4.79 Å². The first-order valence-corrected chi connectivity index (χ1v) is 8.92. The van der Waals surface area contributed by atoms with Gasteiger partial charge < -0.3 is 9.47 Å². The van der Waals surface area contributed by atoms with Crippen LogP contribution in [0.15, 0.2) is 24.3 Å². The van der Waals surface area contributed by atoms with Crippen LogP contribution >= 0.6 is 0 Å². The lowest BCUT2D eigenvalue weighted by Crippen LogP contribution is -2.46. The largest absolute Gasteiger partial charge is 0.487 e. The number of ether oxygens (including phenoxy) is 2. The number of hydrogen-bond acceptors (Lipinski definition) is 6. The molecule has 0 radical (unpaired) electrons. The number of esters is 1. The Bertz CT molecular complexity index is 641. The lowest BCUT2D eigenvalue weighted by atomic mass is 9.95. The van der Waals surface area contributed by atoms with Crippen molar-refractivity contribution in [3.8, 4) is 11.5 Å². The van der Waals surface area contributed by atoms with Gasteiger partial charge in [0.25, 0.3) is 0 Å². The quantitative estimate of drug-likeness (QED) is 0.255. The minimum atomic E-state index is -1.99. The normalized spacial score (nSPS) is 13.1. The second-order valence-corrected chi connectivity index (χ2v) is 6.32. The van der Waals surface area contributed by atoms with E-state index in [9.17, 15) is 19.7 Å². The zero-order valence-electron chi connectivity index (χ0n) is 15.8. The SMILES string of the molecule is CCC(=O)CCC(C)(C(=O)Oc1ccccc1OC(CC)CC)[N+](=O)[O-]. The fraction of sp³-hybridized carbons (Fsp3) is 0.579.